The second-order valence-electron chi connectivity index (χ2n) is 8.55. The average Bonchev–Trinajstić information content (AvgIpc) is 2.72. The zero-order chi connectivity index (χ0) is 22.1. The van der Waals surface area contributed by atoms with Crippen molar-refractivity contribution < 1.29 is 17.9 Å². The lowest BCUT2D eigenvalue weighted by molar-refractivity contribution is -0.137. The predicted molar refractivity (Wildman–Crippen MR) is 121 cm³/mol. The summed E-state index contributed by atoms with van der Waals surface area (Å²) in [7, 11) is 0. The maximum absolute atomic E-state index is 12.6. The monoisotopic (exact) mass is 428 g/mol. The van der Waals surface area contributed by atoms with Crippen LogP contribution in [0.5, 0.6) is 0 Å². The first-order valence-corrected chi connectivity index (χ1v) is 12.2. The SMILES string of the molecule is CCCCCCCCCC(CCCCCCc1ccc(C(F)(F)F)cc1)OCCC. The van der Waals surface area contributed by atoms with Crippen LogP contribution in [0.4, 0.5) is 13.2 Å². The van der Waals surface area contributed by atoms with Crippen LogP contribution in [0.2, 0.25) is 0 Å². The Morgan fingerprint density at radius 2 is 1.23 bits per heavy atom. The van der Waals surface area contributed by atoms with Gasteiger partial charge in [-0.25, -0.2) is 0 Å². The van der Waals surface area contributed by atoms with Crippen LogP contribution in [0.25, 0.3) is 0 Å². The lowest BCUT2D eigenvalue weighted by Gasteiger charge is -2.17. The number of ether oxygens (including phenoxy) is 1. The Morgan fingerprint density at radius 3 is 1.77 bits per heavy atom. The Bertz CT molecular complexity index is 510. The van der Waals surface area contributed by atoms with Crippen molar-refractivity contribution in [3.8, 4) is 0 Å². The van der Waals surface area contributed by atoms with Crippen LogP contribution in [0.3, 0.4) is 0 Å². The molecule has 1 aromatic rings. The summed E-state index contributed by atoms with van der Waals surface area (Å²) in [5, 5.41) is 0. The molecule has 0 heterocycles. The fourth-order valence-corrected chi connectivity index (χ4v) is 3.84. The van der Waals surface area contributed by atoms with E-state index in [1.54, 1.807) is 12.1 Å². The smallest absolute Gasteiger partial charge is 0.378 e. The van der Waals surface area contributed by atoms with Crippen molar-refractivity contribution in [1.82, 2.24) is 0 Å². The number of hydrogen-bond acceptors (Lipinski definition) is 1. The summed E-state index contributed by atoms with van der Waals surface area (Å²) in [5.74, 6) is 0. The van der Waals surface area contributed by atoms with E-state index in [1.807, 2.05) is 0 Å². The van der Waals surface area contributed by atoms with Gasteiger partial charge in [0, 0.05) is 6.61 Å². The van der Waals surface area contributed by atoms with Gasteiger partial charge in [-0.05, 0) is 49.8 Å². The minimum absolute atomic E-state index is 0.399. The largest absolute Gasteiger partial charge is 0.416 e. The van der Waals surface area contributed by atoms with Crippen molar-refractivity contribution in [1.29, 1.82) is 0 Å². The molecule has 0 aliphatic heterocycles. The molecule has 0 amide bonds. The fourth-order valence-electron chi connectivity index (χ4n) is 3.84. The third kappa shape index (κ3) is 13.3. The molecular weight excluding hydrogens is 385 g/mol. The standard InChI is InChI=1S/C26H43F3O/c1-3-5-6-7-8-9-13-16-25(30-22-4-2)17-14-11-10-12-15-23-18-20-24(21-19-23)26(27,28)29/h18-21,25H,3-17,22H2,1-2H3. The number of aryl methyl sites for hydroxylation is 1. The summed E-state index contributed by atoms with van der Waals surface area (Å²) >= 11 is 0. The van der Waals surface area contributed by atoms with E-state index in [4.69, 9.17) is 4.74 Å². The third-order valence-corrected chi connectivity index (χ3v) is 5.71. The van der Waals surface area contributed by atoms with Crippen molar-refractivity contribution in [3.05, 3.63) is 35.4 Å². The first-order chi connectivity index (χ1) is 14.5. The van der Waals surface area contributed by atoms with Crippen LogP contribution < -0.4 is 0 Å². The van der Waals surface area contributed by atoms with Crippen molar-refractivity contribution in [3.63, 3.8) is 0 Å². The molecule has 0 spiro atoms. The summed E-state index contributed by atoms with van der Waals surface area (Å²) in [6.45, 7) is 5.27. The highest BCUT2D eigenvalue weighted by molar-refractivity contribution is 5.24. The molecule has 4 heteroatoms. The highest BCUT2D eigenvalue weighted by atomic mass is 19.4. The normalized spacial score (nSPS) is 13.0. The molecule has 0 aromatic heterocycles. The van der Waals surface area contributed by atoms with Gasteiger partial charge in [-0.1, -0.05) is 90.2 Å². The van der Waals surface area contributed by atoms with Crippen LogP contribution in [0, 0.1) is 0 Å². The molecule has 1 unspecified atom stereocenters. The Labute approximate surface area is 182 Å². The van der Waals surface area contributed by atoms with Crippen LogP contribution in [-0.4, -0.2) is 12.7 Å². The van der Waals surface area contributed by atoms with Gasteiger partial charge in [0.25, 0.3) is 0 Å². The predicted octanol–water partition coefficient (Wildman–Crippen LogP) is 9.13. The van der Waals surface area contributed by atoms with Gasteiger partial charge in [0.15, 0.2) is 0 Å². The van der Waals surface area contributed by atoms with Crippen molar-refractivity contribution in [2.24, 2.45) is 0 Å². The molecule has 30 heavy (non-hydrogen) atoms. The fraction of sp³-hybridized carbons (Fsp3) is 0.769. The van der Waals surface area contributed by atoms with Gasteiger partial charge in [-0.15, -0.1) is 0 Å². The summed E-state index contributed by atoms with van der Waals surface area (Å²) in [6.07, 6.45) is 14.2. The second-order valence-corrected chi connectivity index (χ2v) is 8.55. The quantitative estimate of drug-likeness (QED) is 0.212. The Balaban J connectivity index is 2.14. The maximum Gasteiger partial charge on any atom is 0.416 e. The number of rotatable bonds is 18. The lowest BCUT2D eigenvalue weighted by atomic mass is 10.0. The van der Waals surface area contributed by atoms with Gasteiger partial charge in [0.05, 0.1) is 11.7 Å². The van der Waals surface area contributed by atoms with Crippen LogP contribution in [-0.2, 0) is 17.3 Å². The lowest BCUT2D eigenvalue weighted by Crippen LogP contribution is -2.13. The molecule has 0 aliphatic rings. The van der Waals surface area contributed by atoms with E-state index in [0.717, 1.165) is 44.3 Å². The molecule has 0 radical (unpaired) electrons. The summed E-state index contributed by atoms with van der Waals surface area (Å²) < 4.78 is 43.9. The summed E-state index contributed by atoms with van der Waals surface area (Å²) in [4.78, 5) is 0. The first-order valence-electron chi connectivity index (χ1n) is 12.2. The van der Waals surface area contributed by atoms with Gasteiger partial charge in [0.2, 0.25) is 0 Å². The zero-order valence-electron chi connectivity index (χ0n) is 19.2. The summed E-state index contributed by atoms with van der Waals surface area (Å²) in [6, 6.07) is 5.60. The van der Waals surface area contributed by atoms with Crippen LogP contribution in [0.15, 0.2) is 24.3 Å². The van der Waals surface area contributed by atoms with Gasteiger partial charge in [-0.2, -0.15) is 13.2 Å². The van der Waals surface area contributed by atoms with Crippen LogP contribution >= 0.6 is 0 Å². The van der Waals surface area contributed by atoms with Crippen molar-refractivity contribution in [2.45, 2.75) is 122 Å². The number of hydrogen-bond donors (Lipinski definition) is 0. The van der Waals surface area contributed by atoms with E-state index in [2.05, 4.69) is 13.8 Å². The van der Waals surface area contributed by atoms with E-state index in [-0.39, 0.29) is 0 Å². The van der Waals surface area contributed by atoms with E-state index in [9.17, 15) is 13.2 Å². The molecule has 1 rings (SSSR count). The molecule has 0 saturated heterocycles. The molecule has 0 bridgehead atoms. The number of unbranched alkanes of at least 4 members (excludes halogenated alkanes) is 9. The number of alkyl halides is 3. The molecule has 1 nitrogen and oxygen atoms in total. The molecular formula is C26H43F3O. The van der Waals surface area contributed by atoms with E-state index < -0.39 is 11.7 Å². The minimum atomic E-state index is -4.25. The van der Waals surface area contributed by atoms with E-state index in [0.29, 0.717) is 6.10 Å². The number of benzene rings is 1. The van der Waals surface area contributed by atoms with Gasteiger partial charge in [0.1, 0.15) is 0 Å². The van der Waals surface area contributed by atoms with Gasteiger partial charge < -0.3 is 4.74 Å². The molecule has 0 saturated carbocycles. The Kier molecular flexibility index (Phi) is 15.0. The molecule has 1 aromatic carbocycles. The van der Waals surface area contributed by atoms with Gasteiger partial charge in [-0.3, -0.25) is 0 Å². The average molecular weight is 429 g/mol. The molecule has 1 atom stereocenters. The topological polar surface area (TPSA) is 9.23 Å². The van der Waals surface area contributed by atoms with E-state index in [1.165, 1.54) is 76.3 Å². The zero-order valence-corrected chi connectivity index (χ0v) is 19.2. The Morgan fingerprint density at radius 1 is 0.700 bits per heavy atom. The molecule has 0 fully saturated rings. The second kappa shape index (κ2) is 16.6. The highest BCUT2D eigenvalue weighted by Gasteiger charge is 2.29. The first kappa shape index (κ1) is 27.0. The molecule has 0 aliphatic carbocycles. The van der Waals surface area contributed by atoms with Gasteiger partial charge >= 0.3 is 6.18 Å². The third-order valence-electron chi connectivity index (χ3n) is 5.71. The maximum atomic E-state index is 12.6. The number of halogens is 3. The van der Waals surface area contributed by atoms with Crippen molar-refractivity contribution >= 4 is 0 Å². The molecule has 174 valence electrons. The van der Waals surface area contributed by atoms with Crippen molar-refractivity contribution in [2.75, 3.05) is 6.61 Å². The highest BCUT2D eigenvalue weighted by Crippen LogP contribution is 2.29. The summed E-state index contributed by atoms with van der Waals surface area (Å²) in [5.41, 5.74) is 0.427. The molecule has 0 N–H and O–H groups in total. The minimum Gasteiger partial charge on any atom is -0.378 e. The Hall–Kier alpha value is -1.03. The van der Waals surface area contributed by atoms with Crippen LogP contribution in [0.1, 0.15) is 115 Å². The van der Waals surface area contributed by atoms with E-state index >= 15 is 0 Å².